The number of hydrogen-bond donors (Lipinski definition) is 1. The first kappa shape index (κ1) is 14.6. The Kier molecular flexibility index (Phi) is 6.09. The minimum atomic E-state index is 0.459. The van der Waals surface area contributed by atoms with Crippen molar-refractivity contribution >= 4 is 29.2 Å². The van der Waals surface area contributed by atoms with Crippen molar-refractivity contribution in [1.29, 1.82) is 0 Å². The highest BCUT2D eigenvalue weighted by Gasteiger charge is 2.12. The van der Waals surface area contributed by atoms with Crippen molar-refractivity contribution in [2.75, 3.05) is 31.0 Å². The molecular formula is C12H20ClN3S. The van der Waals surface area contributed by atoms with E-state index in [1.54, 1.807) is 0 Å². The third-order valence-electron chi connectivity index (χ3n) is 2.68. The third kappa shape index (κ3) is 4.05. The molecule has 1 aromatic rings. The highest BCUT2D eigenvalue weighted by molar-refractivity contribution is 7.98. The lowest BCUT2D eigenvalue weighted by Gasteiger charge is -2.26. The summed E-state index contributed by atoms with van der Waals surface area (Å²) in [7, 11) is 3.96. The van der Waals surface area contributed by atoms with Crippen LogP contribution >= 0.6 is 23.4 Å². The number of hydrogen-bond acceptors (Lipinski definition) is 4. The Labute approximate surface area is 113 Å². The summed E-state index contributed by atoms with van der Waals surface area (Å²) >= 11 is 7.94. The Morgan fingerprint density at radius 1 is 1.53 bits per heavy atom. The van der Waals surface area contributed by atoms with Crippen LogP contribution in [0.2, 0.25) is 5.02 Å². The van der Waals surface area contributed by atoms with Crippen molar-refractivity contribution in [1.82, 2.24) is 10.3 Å². The predicted molar refractivity (Wildman–Crippen MR) is 78.3 cm³/mol. The molecule has 0 amide bonds. The van der Waals surface area contributed by atoms with E-state index < -0.39 is 0 Å². The Balaban J connectivity index is 2.86. The number of pyridine rings is 1. The summed E-state index contributed by atoms with van der Waals surface area (Å²) < 4.78 is 0. The normalized spacial score (nSPS) is 12.5. The molecule has 3 nitrogen and oxygen atoms in total. The lowest BCUT2D eigenvalue weighted by molar-refractivity contribution is 0.739. The molecule has 1 aromatic heterocycles. The fourth-order valence-corrected chi connectivity index (χ4v) is 2.42. The summed E-state index contributed by atoms with van der Waals surface area (Å²) in [6, 6.07) is 4.35. The molecule has 96 valence electrons. The SMILES string of the molecule is CNCc1nc(N(C)C(C)CSC)ccc1Cl. The molecule has 0 aromatic carbocycles. The molecule has 0 aliphatic heterocycles. The zero-order valence-electron chi connectivity index (χ0n) is 10.8. The second kappa shape index (κ2) is 7.09. The van der Waals surface area contributed by atoms with Crippen LogP contribution in [0.1, 0.15) is 12.6 Å². The molecule has 0 saturated carbocycles. The number of nitrogens with zero attached hydrogens (tertiary/aromatic N) is 2. The van der Waals surface area contributed by atoms with Gasteiger partial charge in [0.2, 0.25) is 0 Å². The molecule has 17 heavy (non-hydrogen) atoms. The zero-order valence-corrected chi connectivity index (χ0v) is 12.4. The van der Waals surface area contributed by atoms with Gasteiger partial charge in [-0.1, -0.05) is 11.6 Å². The second-order valence-electron chi connectivity index (χ2n) is 4.04. The van der Waals surface area contributed by atoms with E-state index in [1.165, 1.54) is 0 Å². The van der Waals surface area contributed by atoms with Crippen molar-refractivity contribution in [2.24, 2.45) is 0 Å². The van der Waals surface area contributed by atoms with E-state index in [0.29, 0.717) is 17.6 Å². The maximum atomic E-state index is 6.10. The number of nitrogens with one attached hydrogen (secondary N) is 1. The number of thioether (sulfide) groups is 1. The third-order valence-corrected chi connectivity index (χ3v) is 3.84. The first-order chi connectivity index (χ1) is 8.10. The molecule has 0 saturated heterocycles. The topological polar surface area (TPSA) is 28.2 Å². The fourth-order valence-electron chi connectivity index (χ4n) is 1.54. The van der Waals surface area contributed by atoms with E-state index in [1.807, 2.05) is 30.9 Å². The van der Waals surface area contributed by atoms with Gasteiger partial charge in [0.25, 0.3) is 0 Å². The highest BCUT2D eigenvalue weighted by Crippen LogP contribution is 2.20. The minimum absolute atomic E-state index is 0.459. The standard InChI is InChI=1S/C12H20ClN3S/c1-9(8-17-4)16(3)12-6-5-10(13)11(15-12)7-14-2/h5-6,9,14H,7-8H2,1-4H3. The molecule has 0 spiro atoms. The molecule has 0 aliphatic rings. The van der Waals surface area contributed by atoms with Gasteiger partial charge in [-0.05, 0) is 32.4 Å². The summed E-state index contributed by atoms with van der Waals surface area (Å²) in [5.41, 5.74) is 0.898. The van der Waals surface area contributed by atoms with Crippen molar-refractivity contribution in [2.45, 2.75) is 19.5 Å². The second-order valence-corrected chi connectivity index (χ2v) is 5.36. The van der Waals surface area contributed by atoms with Crippen LogP contribution in [0, 0.1) is 0 Å². The maximum absolute atomic E-state index is 6.10. The van der Waals surface area contributed by atoms with Gasteiger partial charge in [-0.2, -0.15) is 11.8 Å². The first-order valence-corrected chi connectivity index (χ1v) is 7.39. The van der Waals surface area contributed by atoms with Gasteiger partial charge in [-0.15, -0.1) is 0 Å². The van der Waals surface area contributed by atoms with E-state index in [-0.39, 0.29) is 0 Å². The van der Waals surface area contributed by atoms with Gasteiger partial charge in [0, 0.05) is 25.4 Å². The largest absolute Gasteiger partial charge is 0.356 e. The van der Waals surface area contributed by atoms with Gasteiger partial charge in [0.15, 0.2) is 0 Å². The van der Waals surface area contributed by atoms with Crippen molar-refractivity contribution in [3.8, 4) is 0 Å². The monoisotopic (exact) mass is 273 g/mol. The van der Waals surface area contributed by atoms with Crippen LogP contribution in [-0.2, 0) is 6.54 Å². The Morgan fingerprint density at radius 3 is 2.82 bits per heavy atom. The van der Waals surface area contributed by atoms with Crippen LogP contribution in [0.4, 0.5) is 5.82 Å². The number of rotatable bonds is 6. The Hall–Kier alpha value is -0.450. The van der Waals surface area contributed by atoms with Crippen LogP contribution in [0.15, 0.2) is 12.1 Å². The van der Waals surface area contributed by atoms with E-state index in [9.17, 15) is 0 Å². The summed E-state index contributed by atoms with van der Waals surface area (Å²) in [6.07, 6.45) is 2.12. The highest BCUT2D eigenvalue weighted by atomic mass is 35.5. The predicted octanol–water partition coefficient (Wildman–Crippen LogP) is 2.64. The lowest BCUT2D eigenvalue weighted by atomic mass is 10.3. The van der Waals surface area contributed by atoms with Gasteiger partial charge < -0.3 is 10.2 Å². The lowest BCUT2D eigenvalue weighted by Crippen LogP contribution is -2.31. The van der Waals surface area contributed by atoms with Crippen LogP contribution < -0.4 is 10.2 Å². The average molecular weight is 274 g/mol. The van der Waals surface area contributed by atoms with Crippen LogP contribution in [-0.4, -0.2) is 37.1 Å². The van der Waals surface area contributed by atoms with E-state index in [2.05, 4.69) is 35.4 Å². The van der Waals surface area contributed by atoms with Crippen molar-refractivity contribution in [3.63, 3.8) is 0 Å². The molecule has 1 N–H and O–H groups in total. The molecule has 0 radical (unpaired) electrons. The van der Waals surface area contributed by atoms with Crippen LogP contribution in [0.5, 0.6) is 0 Å². The fraction of sp³-hybridized carbons (Fsp3) is 0.583. The molecule has 5 heteroatoms. The molecule has 1 heterocycles. The number of anilines is 1. The molecule has 1 atom stereocenters. The smallest absolute Gasteiger partial charge is 0.128 e. The summed E-state index contributed by atoms with van der Waals surface area (Å²) in [6.45, 7) is 2.89. The number of halogens is 1. The minimum Gasteiger partial charge on any atom is -0.356 e. The van der Waals surface area contributed by atoms with Gasteiger partial charge in [0.1, 0.15) is 5.82 Å². The van der Waals surface area contributed by atoms with Gasteiger partial charge in [-0.3, -0.25) is 0 Å². The quantitative estimate of drug-likeness (QED) is 0.863. The summed E-state index contributed by atoms with van der Waals surface area (Å²) in [5.74, 6) is 2.06. The van der Waals surface area contributed by atoms with E-state index >= 15 is 0 Å². The molecule has 1 unspecified atom stereocenters. The average Bonchev–Trinajstić information content (AvgIpc) is 2.31. The molecular weight excluding hydrogens is 254 g/mol. The van der Waals surface area contributed by atoms with Crippen molar-refractivity contribution in [3.05, 3.63) is 22.8 Å². The maximum Gasteiger partial charge on any atom is 0.128 e. The van der Waals surface area contributed by atoms with Crippen LogP contribution in [0.25, 0.3) is 0 Å². The summed E-state index contributed by atoms with van der Waals surface area (Å²) in [4.78, 5) is 6.77. The Bertz CT molecular complexity index is 360. The van der Waals surface area contributed by atoms with Gasteiger partial charge in [-0.25, -0.2) is 4.98 Å². The Morgan fingerprint density at radius 2 is 2.24 bits per heavy atom. The van der Waals surface area contributed by atoms with Gasteiger partial charge in [0.05, 0.1) is 10.7 Å². The van der Waals surface area contributed by atoms with E-state index in [4.69, 9.17) is 11.6 Å². The summed E-state index contributed by atoms with van der Waals surface area (Å²) in [5, 5.41) is 3.79. The molecule has 0 bridgehead atoms. The van der Waals surface area contributed by atoms with Crippen molar-refractivity contribution < 1.29 is 0 Å². The van der Waals surface area contributed by atoms with E-state index in [0.717, 1.165) is 17.3 Å². The zero-order chi connectivity index (χ0) is 12.8. The first-order valence-electron chi connectivity index (χ1n) is 5.62. The molecule has 0 fully saturated rings. The van der Waals surface area contributed by atoms with Gasteiger partial charge >= 0.3 is 0 Å². The molecule has 0 aliphatic carbocycles. The number of aromatic nitrogens is 1. The van der Waals surface area contributed by atoms with Crippen LogP contribution in [0.3, 0.4) is 0 Å². The molecule has 1 rings (SSSR count).